The summed E-state index contributed by atoms with van der Waals surface area (Å²) in [6, 6.07) is 16.0. The van der Waals surface area contributed by atoms with E-state index < -0.39 is 0 Å². The Bertz CT molecular complexity index is 868. The zero-order valence-corrected chi connectivity index (χ0v) is 16.7. The summed E-state index contributed by atoms with van der Waals surface area (Å²) in [5.41, 5.74) is 4.29. The van der Waals surface area contributed by atoms with Crippen LogP contribution in [0.15, 0.2) is 58.9 Å². The fraction of sp³-hybridized carbons (Fsp3) is 0.211. The molecule has 132 valence electrons. The van der Waals surface area contributed by atoms with E-state index in [4.69, 9.17) is 9.73 Å². The van der Waals surface area contributed by atoms with Gasteiger partial charge in [-0.15, -0.1) is 28.3 Å². The van der Waals surface area contributed by atoms with Crippen LogP contribution in [0.1, 0.15) is 5.56 Å². The number of rotatable bonds is 5. The molecule has 3 rings (SSSR count). The molecule has 0 amide bonds. The highest BCUT2D eigenvalue weighted by Gasteiger charge is 2.07. The van der Waals surface area contributed by atoms with Gasteiger partial charge in [0.15, 0.2) is 4.80 Å². The van der Waals surface area contributed by atoms with Gasteiger partial charge in [0.25, 0.3) is 0 Å². The lowest BCUT2D eigenvalue weighted by molar-refractivity contribution is 0.275. The fourth-order valence-electron chi connectivity index (χ4n) is 2.46. The molecular formula is C19H21BrN2O2S. The van der Waals surface area contributed by atoms with Gasteiger partial charge in [-0.3, -0.25) is 0 Å². The van der Waals surface area contributed by atoms with E-state index in [0.717, 1.165) is 27.5 Å². The molecule has 2 aromatic carbocycles. The third-order valence-corrected chi connectivity index (χ3v) is 4.63. The SMILES string of the molecule is Br.COc1ccc(N=c2scc(-c3ccc(C)cc3)n2CCO)cc1. The van der Waals surface area contributed by atoms with E-state index in [1.54, 1.807) is 18.4 Å². The van der Waals surface area contributed by atoms with Crippen LogP contribution in [0, 0.1) is 6.92 Å². The molecule has 1 N–H and O–H groups in total. The van der Waals surface area contributed by atoms with Crippen molar-refractivity contribution in [3.63, 3.8) is 0 Å². The summed E-state index contributed by atoms with van der Waals surface area (Å²) in [4.78, 5) is 5.58. The number of nitrogens with zero attached hydrogens (tertiary/aromatic N) is 2. The summed E-state index contributed by atoms with van der Waals surface area (Å²) in [7, 11) is 1.65. The Balaban J connectivity index is 0.00000225. The maximum absolute atomic E-state index is 9.44. The standard InChI is InChI=1S/C19H20N2O2S.BrH/c1-14-3-5-15(6-4-14)18-13-24-19(21(18)11-12-22)20-16-7-9-17(23-2)10-8-16;/h3-10,13,22H,11-12H2,1-2H3;1H. The topological polar surface area (TPSA) is 46.8 Å². The monoisotopic (exact) mass is 420 g/mol. The Hall–Kier alpha value is -1.89. The first-order valence-corrected chi connectivity index (χ1v) is 8.64. The largest absolute Gasteiger partial charge is 0.497 e. The lowest BCUT2D eigenvalue weighted by Gasteiger charge is -2.08. The van der Waals surface area contributed by atoms with Crippen LogP contribution in [0.2, 0.25) is 0 Å². The Kier molecular flexibility index (Phi) is 6.99. The number of ether oxygens (including phenoxy) is 1. The Morgan fingerprint density at radius 1 is 1.08 bits per heavy atom. The van der Waals surface area contributed by atoms with Crippen LogP contribution in [-0.2, 0) is 6.54 Å². The predicted molar refractivity (Wildman–Crippen MR) is 108 cm³/mol. The average Bonchev–Trinajstić information content (AvgIpc) is 2.99. The maximum atomic E-state index is 9.44. The van der Waals surface area contributed by atoms with Crippen LogP contribution in [0.25, 0.3) is 11.3 Å². The summed E-state index contributed by atoms with van der Waals surface area (Å²) in [6.07, 6.45) is 0. The maximum Gasteiger partial charge on any atom is 0.190 e. The number of aliphatic hydroxyl groups is 1. The smallest absolute Gasteiger partial charge is 0.190 e. The number of hydrogen-bond donors (Lipinski definition) is 1. The first-order valence-electron chi connectivity index (χ1n) is 7.76. The summed E-state index contributed by atoms with van der Waals surface area (Å²) in [5, 5.41) is 11.5. The molecule has 0 saturated heterocycles. The van der Waals surface area contributed by atoms with Crippen LogP contribution in [0.3, 0.4) is 0 Å². The molecule has 0 atom stereocenters. The minimum atomic E-state index is 0. The van der Waals surface area contributed by atoms with Crippen LogP contribution < -0.4 is 9.54 Å². The third kappa shape index (κ3) is 4.60. The minimum absolute atomic E-state index is 0. The molecule has 0 aliphatic heterocycles. The summed E-state index contributed by atoms with van der Waals surface area (Å²) >= 11 is 1.57. The Morgan fingerprint density at radius 2 is 1.76 bits per heavy atom. The van der Waals surface area contributed by atoms with E-state index in [1.807, 2.05) is 24.3 Å². The van der Waals surface area contributed by atoms with Gasteiger partial charge in [-0.25, -0.2) is 4.99 Å². The van der Waals surface area contributed by atoms with E-state index in [0.29, 0.717) is 6.54 Å². The van der Waals surface area contributed by atoms with Crippen molar-refractivity contribution in [2.75, 3.05) is 13.7 Å². The second kappa shape index (κ2) is 8.99. The number of thiazole rings is 1. The lowest BCUT2D eigenvalue weighted by Crippen LogP contribution is -2.17. The predicted octanol–water partition coefficient (Wildman–Crippen LogP) is 4.34. The van der Waals surface area contributed by atoms with Crippen molar-refractivity contribution < 1.29 is 9.84 Å². The van der Waals surface area contributed by atoms with Gasteiger partial charge in [0.2, 0.25) is 0 Å². The molecule has 0 saturated carbocycles. The zero-order valence-electron chi connectivity index (χ0n) is 14.2. The molecule has 6 heteroatoms. The summed E-state index contributed by atoms with van der Waals surface area (Å²) in [6.45, 7) is 2.66. The number of hydrogen-bond acceptors (Lipinski definition) is 4. The highest BCUT2D eigenvalue weighted by atomic mass is 79.9. The van der Waals surface area contributed by atoms with E-state index in [2.05, 4.69) is 41.1 Å². The van der Waals surface area contributed by atoms with Crippen molar-refractivity contribution in [2.24, 2.45) is 4.99 Å². The van der Waals surface area contributed by atoms with Crippen LogP contribution in [0.5, 0.6) is 5.75 Å². The highest BCUT2D eigenvalue weighted by molar-refractivity contribution is 8.93. The van der Waals surface area contributed by atoms with Crippen LogP contribution >= 0.6 is 28.3 Å². The number of benzene rings is 2. The van der Waals surface area contributed by atoms with E-state index in [9.17, 15) is 5.11 Å². The fourth-order valence-corrected chi connectivity index (χ4v) is 3.41. The van der Waals surface area contributed by atoms with E-state index in [-0.39, 0.29) is 23.6 Å². The van der Waals surface area contributed by atoms with E-state index >= 15 is 0 Å². The van der Waals surface area contributed by atoms with Crippen molar-refractivity contribution in [1.29, 1.82) is 0 Å². The minimum Gasteiger partial charge on any atom is -0.497 e. The normalized spacial score (nSPS) is 11.2. The van der Waals surface area contributed by atoms with Crippen molar-refractivity contribution >= 4 is 34.0 Å². The second-order valence-corrected chi connectivity index (χ2v) is 6.29. The first kappa shape index (κ1) is 19.4. The molecular weight excluding hydrogens is 400 g/mol. The van der Waals surface area contributed by atoms with Gasteiger partial charge in [-0.05, 0) is 36.8 Å². The quantitative estimate of drug-likeness (QED) is 0.667. The third-order valence-electron chi connectivity index (χ3n) is 3.77. The number of aryl methyl sites for hydroxylation is 1. The number of methoxy groups -OCH3 is 1. The average molecular weight is 421 g/mol. The molecule has 0 aliphatic carbocycles. The number of aromatic nitrogens is 1. The molecule has 0 aliphatic rings. The molecule has 1 heterocycles. The van der Waals surface area contributed by atoms with E-state index in [1.165, 1.54) is 5.56 Å². The van der Waals surface area contributed by atoms with Gasteiger partial charge in [0.05, 0.1) is 25.1 Å². The molecule has 4 nitrogen and oxygen atoms in total. The van der Waals surface area contributed by atoms with Gasteiger partial charge in [0.1, 0.15) is 5.75 Å². The van der Waals surface area contributed by atoms with Gasteiger partial charge in [-0.2, -0.15) is 0 Å². The van der Waals surface area contributed by atoms with Crippen LogP contribution in [0.4, 0.5) is 5.69 Å². The zero-order chi connectivity index (χ0) is 16.9. The van der Waals surface area contributed by atoms with Crippen molar-refractivity contribution in [1.82, 2.24) is 4.57 Å². The molecule has 25 heavy (non-hydrogen) atoms. The van der Waals surface area contributed by atoms with Gasteiger partial charge in [0, 0.05) is 11.9 Å². The highest BCUT2D eigenvalue weighted by Crippen LogP contribution is 2.22. The second-order valence-electron chi connectivity index (χ2n) is 5.45. The first-order chi connectivity index (χ1) is 11.7. The molecule has 1 aromatic heterocycles. The molecule has 0 bridgehead atoms. The molecule has 0 unspecified atom stereocenters. The summed E-state index contributed by atoms with van der Waals surface area (Å²) in [5.74, 6) is 0.809. The van der Waals surface area contributed by atoms with Crippen molar-refractivity contribution in [3.8, 4) is 17.0 Å². The van der Waals surface area contributed by atoms with Gasteiger partial charge < -0.3 is 14.4 Å². The number of aliphatic hydroxyl groups excluding tert-OH is 1. The lowest BCUT2D eigenvalue weighted by atomic mass is 10.1. The molecule has 3 aromatic rings. The molecule has 0 radical (unpaired) electrons. The Labute approximate surface area is 161 Å². The summed E-state index contributed by atoms with van der Waals surface area (Å²) < 4.78 is 7.23. The van der Waals surface area contributed by atoms with Gasteiger partial charge in [-0.1, -0.05) is 29.8 Å². The van der Waals surface area contributed by atoms with Crippen molar-refractivity contribution in [2.45, 2.75) is 13.5 Å². The molecule has 0 spiro atoms. The number of halogens is 1. The molecule has 0 fully saturated rings. The van der Waals surface area contributed by atoms with Crippen LogP contribution in [-0.4, -0.2) is 23.4 Å². The van der Waals surface area contributed by atoms with Gasteiger partial charge >= 0.3 is 0 Å². The Morgan fingerprint density at radius 3 is 2.36 bits per heavy atom. The van der Waals surface area contributed by atoms with Crippen molar-refractivity contribution in [3.05, 3.63) is 64.3 Å².